The van der Waals surface area contributed by atoms with Gasteiger partial charge in [-0.25, -0.2) is 13.2 Å². The van der Waals surface area contributed by atoms with E-state index >= 15 is 0 Å². The van der Waals surface area contributed by atoms with Gasteiger partial charge in [-0.15, -0.1) is 0 Å². The van der Waals surface area contributed by atoms with Gasteiger partial charge in [0, 0.05) is 12.0 Å². The third-order valence-corrected chi connectivity index (χ3v) is 5.92. The topological polar surface area (TPSA) is 69.7 Å². The number of alkyl halides is 6. The lowest BCUT2D eigenvalue weighted by Gasteiger charge is -2.17. The highest BCUT2D eigenvalue weighted by Crippen LogP contribution is 2.41. The van der Waals surface area contributed by atoms with Gasteiger partial charge in [0.15, 0.2) is 15.6 Å². The maximum absolute atomic E-state index is 13.5. The minimum Gasteiger partial charge on any atom is -0.286 e. The quantitative estimate of drug-likeness (QED) is 0.320. The molecule has 0 radical (unpaired) electrons. The van der Waals surface area contributed by atoms with E-state index in [-0.39, 0.29) is 6.42 Å². The third-order valence-electron chi connectivity index (χ3n) is 4.13. The van der Waals surface area contributed by atoms with E-state index in [4.69, 9.17) is 4.89 Å². The molecule has 0 N–H and O–H groups in total. The Labute approximate surface area is 173 Å². The second-order valence-corrected chi connectivity index (χ2v) is 8.46. The Bertz CT molecular complexity index is 1070. The van der Waals surface area contributed by atoms with Crippen molar-refractivity contribution in [2.45, 2.75) is 37.5 Å². The summed E-state index contributed by atoms with van der Waals surface area (Å²) in [6.45, 7) is 2.58. The first-order valence-corrected chi connectivity index (χ1v) is 10.4. The molecule has 170 valence electrons. The molecule has 0 bridgehead atoms. The van der Waals surface area contributed by atoms with E-state index in [0.717, 1.165) is 19.1 Å². The molecular formula is C19H16F6O5S. The van der Waals surface area contributed by atoms with Crippen LogP contribution in [0.4, 0.5) is 26.3 Å². The molecule has 0 saturated carbocycles. The predicted octanol–water partition coefficient (Wildman–Crippen LogP) is 5.43. The van der Waals surface area contributed by atoms with Crippen LogP contribution in [0.1, 0.15) is 31.4 Å². The summed E-state index contributed by atoms with van der Waals surface area (Å²) >= 11 is 0. The zero-order valence-corrected chi connectivity index (χ0v) is 16.9. The normalized spacial score (nSPS) is 12.5. The molecule has 0 fully saturated rings. The van der Waals surface area contributed by atoms with Gasteiger partial charge in [0.05, 0.1) is 21.8 Å². The van der Waals surface area contributed by atoms with Crippen molar-refractivity contribution >= 4 is 15.8 Å². The summed E-state index contributed by atoms with van der Waals surface area (Å²) in [6.07, 6.45) is -10.1. The first-order valence-electron chi connectivity index (χ1n) is 8.73. The van der Waals surface area contributed by atoms with Crippen LogP contribution in [0, 0.1) is 0 Å². The fraction of sp³-hybridized carbons (Fsp3) is 0.316. The molecule has 12 heteroatoms. The molecule has 0 amide bonds. The van der Waals surface area contributed by atoms with Crippen molar-refractivity contribution < 1.29 is 49.3 Å². The van der Waals surface area contributed by atoms with E-state index in [1.807, 2.05) is 0 Å². The largest absolute Gasteiger partial charge is 0.417 e. The molecular weight excluding hydrogens is 454 g/mol. The fourth-order valence-electron chi connectivity index (χ4n) is 2.50. The van der Waals surface area contributed by atoms with E-state index in [2.05, 4.69) is 4.89 Å². The van der Waals surface area contributed by atoms with Crippen molar-refractivity contribution in [2.24, 2.45) is 0 Å². The Kier molecular flexibility index (Phi) is 6.94. The SMILES string of the molecule is CCC(=O)OOc1ccc(C(F)(F)F)cc1-c1ccc(S(=O)(=O)CC)c(C(F)(F)F)c1. The summed E-state index contributed by atoms with van der Waals surface area (Å²) in [7, 11) is -4.28. The van der Waals surface area contributed by atoms with Crippen LogP contribution >= 0.6 is 0 Å². The molecule has 2 aromatic carbocycles. The van der Waals surface area contributed by atoms with Gasteiger partial charge >= 0.3 is 18.3 Å². The smallest absolute Gasteiger partial charge is 0.286 e. The Balaban J connectivity index is 2.73. The van der Waals surface area contributed by atoms with Gasteiger partial charge in [0.1, 0.15) is 0 Å². The van der Waals surface area contributed by atoms with Crippen LogP contribution in [0.25, 0.3) is 11.1 Å². The molecule has 0 saturated heterocycles. The van der Waals surface area contributed by atoms with E-state index < -0.39 is 66.8 Å². The van der Waals surface area contributed by atoms with Gasteiger partial charge in [-0.1, -0.05) is 19.9 Å². The number of halogens is 6. The Morgan fingerprint density at radius 1 is 0.935 bits per heavy atom. The maximum Gasteiger partial charge on any atom is 0.417 e. The van der Waals surface area contributed by atoms with Gasteiger partial charge in [-0.05, 0) is 35.9 Å². The summed E-state index contributed by atoms with van der Waals surface area (Å²) < 4.78 is 104. The second kappa shape index (κ2) is 8.77. The standard InChI is InChI=1S/C19H16F6O5S/c1-3-17(26)30-29-15-7-6-12(18(20,21)22)10-13(15)11-5-8-16(31(27,28)4-2)14(9-11)19(23,24)25/h5-10H,3-4H2,1-2H3. The first-order chi connectivity index (χ1) is 14.2. The van der Waals surface area contributed by atoms with Crippen molar-refractivity contribution in [3.05, 3.63) is 47.5 Å². The van der Waals surface area contributed by atoms with Gasteiger partial charge in [0.2, 0.25) is 0 Å². The minimum atomic E-state index is -5.11. The zero-order valence-electron chi connectivity index (χ0n) is 16.1. The third kappa shape index (κ3) is 5.69. The van der Waals surface area contributed by atoms with Crippen LogP contribution in [0.15, 0.2) is 41.3 Å². The molecule has 0 spiro atoms. The Morgan fingerprint density at radius 2 is 1.58 bits per heavy atom. The molecule has 0 atom stereocenters. The molecule has 0 aromatic heterocycles. The number of sulfone groups is 1. The van der Waals surface area contributed by atoms with E-state index in [9.17, 15) is 39.6 Å². The van der Waals surface area contributed by atoms with E-state index in [0.29, 0.717) is 24.3 Å². The molecule has 2 rings (SSSR count). The molecule has 0 heterocycles. The Hall–Kier alpha value is -2.76. The van der Waals surface area contributed by atoms with Gasteiger partial charge < -0.3 is 0 Å². The zero-order chi connectivity index (χ0) is 23.6. The fourth-order valence-corrected chi connectivity index (χ4v) is 3.60. The molecule has 0 aliphatic rings. The monoisotopic (exact) mass is 470 g/mol. The molecule has 2 aromatic rings. The van der Waals surface area contributed by atoms with E-state index in [1.54, 1.807) is 0 Å². The van der Waals surface area contributed by atoms with Crippen LogP contribution in [0.2, 0.25) is 0 Å². The second-order valence-electron chi connectivity index (χ2n) is 6.21. The molecule has 5 nitrogen and oxygen atoms in total. The van der Waals surface area contributed by atoms with Crippen molar-refractivity contribution in [3.63, 3.8) is 0 Å². The molecule has 0 unspecified atom stereocenters. The van der Waals surface area contributed by atoms with Crippen molar-refractivity contribution in [1.29, 1.82) is 0 Å². The highest BCUT2D eigenvalue weighted by molar-refractivity contribution is 7.91. The number of carbonyl (C=O) groups is 1. The minimum absolute atomic E-state index is 0.127. The average Bonchev–Trinajstić information content (AvgIpc) is 2.70. The van der Waals surface area contributed by atoms with Gasteiger partial charge in [-0.3, -0.25) is 9.78 Å². The lowest BCUT2D eigenvalue weighted by molar-refractivity contribution is -0.213. The van der Waals surface area contributed by atoms with Crippen molar-refractivity contribution in [3.8, 4) is 16.9 Å². The number of hydrogen-bond acceptors (Lipinski definition) is 5. The lowest BCUT2D eigenvalue weighted by atomic mass is 9.99. The van der Waals surface area contributed by atoms with Crippen LogP contribution in [0.5, 0.6) is 5.75 Å². The van der Waals surface area contributed by atoms with E-state index in [1.165, 1.54) is 6.92 Å². The molecule has 0 aliphatic heterocycles. The van der Waals surface area contributed by atoms with Crippen molar-refractivity contribution in [2.75, 3.05) is 5.75 Å². The lowest BCUT2D eigenvalue weighted by Crippen LogP contribution is -2.15. The van der Waals surface area contributed by atoms with Gasteiger partial charge in [0.25, 0.3) is 0 Å². The summed E-state index contributed by atoms with van der Waals surface area (Å²) in [5, 5.41) is 0. The van der Waals surface area contributed by atoms with Gasteiger partial charge in [-0.2, -0.15) is 26.3 Å². The molecule has 31 heavy (non-hydrogen) atoms. The predicted molar refractivity (Wildman–Crippen MR) is 96.6 cm³/mol. The summed E-state index contributed by atoms with van der Waals surface area (Å²) in [4.78, 5) is 19.4. The first kappa shape index (κ1) is 24.5. The highest BCUT2D eigenvalue weighted by atomic mass is 32.2. The highest BCUT2D eigenvalue weighted by Gasteiger charge is 2.38. The summed E-state index contributed by atoms with van der Waals surface area (Å²) in [5.41, 5.74) is -3.64. The van der Waals surface area contributed by atoms with Crippen LogP contribution in [-0.2, 0) is 31.9 Å². The average molecular weight is 470 g/mol. The van der Waals surface area contributed by atoms with Crippen LogP contribution in [0.3, 0.4) is 0 Å². The number of benzene rings is 2. The number of rotatable bonds is 6. The maximum atomic E-state index is 13.5. The Morgan fingerprint density at radius 3 is 2.10 bits per heavy atom. The number of carbonyl (C=O) groups excluding carboxylic acids is 1. The van der Waals surface area contributed by atoms with Crippen LogP contribution in [-0.4, -0.2) is 20.1 Å². The molecule has 0 aliphatic carbocycles. The van der Waals surface area contributed by atoms with Crippen LogP contribution < -0.4 is 4.89 Å². The number of hydrogen-bond donors (Lipinski definition) is 0. The summed E-state index contributed by atoms with van der Waals surface area (Å²) in [6, 6.07) is 3.89. The van der Waals surface area contributed by atoms with Crippen molar-refractivity contribution in [1.82, 2.24) is 0 Å². The summed E-state index contributed by atoms with van der Waals surface area (Å²) in [5.74, 6) is -1.94.